The van der Waals surface area contributed by atoms with Crippen LogP contribution >= 0.6 is 12.4 Å². The van der Waals surface area contributed by atoms with E-state index in [0.29, 0.717) is 6.42 Å². The van der Waals surface area contributed by atoms with E-state index in [0.717, 1.165) is 6.42 Å². The molecule has 1 nitrogen and oxygen atoms in total. The van der Waals surface area contributed by atoms with Gasteiger partial charge in [-0.2, -0.15) is 0 Å². The molecule has 9 heavy (non-hydrogen) atoms. The molecule has 0 heterocycles. The van der Waals surface area contributed by atoms with E-state index in [2.05, 4.69) is 0 Å². The van der Waals surface area contributed by atoms with E-state index in [1.54, 1.807) is 0 Å². The average molecular weight is 158 g/mol. The molecule has 2 fully saturated rings. The molecular formula is C5H10ClF2N. The summed E-state index contributed by atoms with van der Waals surface area (Å²) in [7, 11) is 0. The van der Waals surface area contributed by atoms with Gasteiger partial charge in [0.05, 0.1) is 0 Å². The Kier molecular flexibility index (Phi) is 2.08. The van der Waals surface area contributed by atoms with E-state index in [9.17, 15) is 8.78 Å². The summed E-state index contributed by atoms with van der Waals surface area (Å²) in [6.45, 7) is 0. The number of hydrogen-bond acceptors (Lipinski definition) is 1. The molecule has 4 heteroatoms. The molecular weight excluding hydrogens is 148 g/mol. The summed E-state index contributed by atoms with van der Waals surface area (Å²) in [5, 5.41) is 0. The molecule has 56 valence electrons. The lowest BCUT2D eigenvalue weighted by Crippen LogP contribution is -2.14. The molecule has 0 aromatic carbocycles. The second kappa shape index (κ2) is 2.06. The molecule has 2 aliphatic rings. The van der Waals surface area contributed by atoms with Crippen molar-refractivity contribution in [1.82, 2.24) is 6.15 Å². The highest BCUT2D eigenvalue weighted by molar-refractivity contribution is 5.85. The van der Waals surface area contributed by atoms with Crippen LogP contribution in [0.3, 0.4) is 0 Å². The van der Waals surface area contributed by atoms with E-state index in [-0.39, 0.29) is 24.5 Å². The topological polar surface area (TPSA) is 35.0 Å². The molecule has 0 spiro atoms. The minimum Gasteiger partial charge on any atom is -0.344 e. The van der Waals surface area contributed by atoms with Gasteiger partial charge in [-0.15, -0.1) is 12.4 Å². The minimum atomic E-state index is -1.32. The van der Waals surface area contributed by atoms with Gasteiger partial charge in [0.25, 0.3) is 0 Å². The minimum absolute atomic E-state index is 0. The first kappa shape index (κ1) is 9.11. The quantitative estimate of drug-likeness (QED) is 0.574. The van der Waals surface area contributed by atoms with Crippen LogP contribution in [0.15, 0.2) is 0 Å². The molecule has 0 aromatic heterocycles. The van der Waals surface area contributed by atoms with E-state index < -0.39 is 11.8 Å². The number of halogens is 3. The normalized spacial score (nSPS) is 51.3. The summed E-state index contributed by atoms with van der Waals surface area (Å²) in [5.41, 5.74) is -1.32. The van der Waals surface area contributed by atoms with Gasteiger partial charge < -0.3 is 6.15 Å². The Morgan fingerprint density at radius 3 is 1.89 bits per heavy atom. The van der Waals surface area contributed by atoms with E-state index in [4.69, 9.17) is 0 Å². The second-order valence-corrected chi connectivity index (χ2v) is 2.47. The molecule has 0 aliphatic heterocycles. The SMILES string of the molecule is Cl.FC1C2CCC12F.N. The van der Waals surface area contributed by atoms with Crippen molar-refractivity contribution in [3.05, 3.63) is 0 Å². The van der Waals surface area contributed by atoms with E-state index in [1.807, 2.05) is 0 Å². The molecule has 2 aliphatic carbocycles. The van der Waals surface area contributed by atoms with Crippen LogP contribution < -0.4 is 6.15 Å². The highest BCUT2D eigenvalue weighted by Gasteiger charge is 2.73. The van der Waals surface area contributed by atoms with Crippen molar-refractivity contribution in [2.45, 2.75) is 24.7 Å². The summed E-state index contributed by atoms with van der Waals surface area (Å²) in [4.78, 5) is 0. The van der Waals surface area contributed by atoms with Crippen molar-refractivity contribution in [3.63, 3.8) is 0 Å². The van der Waals surface area contributed by atoms with Gasteiger partial charge in [-0.25, -0.2) is 8.78 Å². The third-order valence-corrected chi connectivity index (χ3v) is 2.16. The molecule has 3 N–H and O–H groups in total. The lowest BCUT2D eigenvalue weighted by atomic mass is 9.98. The molecule has 0 amide bonds. The predicted molar refractivity (Wildman–Crippen MR) is 33.7 cm³/mol. The Bertz CT molecular complexity index is 116. The van der Waals surface area contributed by atoms with Gasteiger partial charge in [0.2, 0.25) is 0 Å². The highest BCUT2D eigenvalue weighted by Crippen LogP contribution is 2.64. The predicted octanol–water partition coefficient (Wildman–Crippen LogP) is 2.04. The molecule has 3 atom stereocenters. The van der Waals surface area contributed by atoms with Crippen molar-refractivity contribution in [1.29, 1.82) is 0 Å². The maximum atomic E-state index is 12.3. The summed E-state index contributed by atoms with van der Waals surface area (Å²) in [5.74, 6) is -0.188. The highest BCUT2D eigenvalue weighted by atomic mass is 35.5. The lowest BCUT2D eigenvalue weighted by molar-refractivity contribution is 0.175. The van der Waals surface area contributed by atoms with Gasteiger partial charge in [-0.05, 0) is 12.8 Å². The summed E-state index contributed by atoms with van der Waals surface area (Å²) in [6.07, 6.45) is 0.156. The van der Waals surface area contributed by atoms with Crippen molar-refractivity contribution in [3.8, 4) is 0 Å². The number of alkyl halides is 2. The van der Waals surface area contributed by atoms with Gasteiger partial charge in [0.15, 0.2) is 0 Å². The summed E-state index contributed by atoms with van der Waals surface area (Å²) in [6, 6.07) is 0. The van der Waals surface area contributed by atoms with Crippen LogP contribution in [-0.2, 0) is 0 Å². The molecule has 0 saturated heterocycles. The molecule has 2 rings (SSSR count). The smallest absolute Gasteiger partial charge is 0.148 e. The zero-order valence-electron chi connectivity index (χ0n) is 4.94. The second-order valence-electron chi connectivity index (χ2n) is 2.47. The molecule has 0 aromatic rings. The number of rotatable bonds is 0. The van der Waals surface area contributed by atoms with Crippen LogP contribution in [0.5, 0.6) is 0 Å². The Morgan fingerprint density at radius 1 is 1.44 bits per heavy atom. The van der Waals surface area contributed by atoms with Crippen LogP contribution in [0.1, 0.15) is 12.8 Å². The van der Waals surface area contributed by atoms with Gasteiger partial charge in [-0.3, -0.25) is 0 Å². The fraction of sp³-hybridized carbons (Fsp3) is 1.00. The average Bonchev–Trinajstić information content (AvgIpc) is 1.86. The third kappa shape index (κ3) is 0.749. The first-order valence-electron chi connectivity index (χ1n) is 2.58. The van der Waals surface area contributed by atoms with Crippen LogP contribution in [0, 0.1) is 5.92 Å². The Labute approximate surface area is 58.8 Å². The van der Waals surface area contributed by atoms with Crippen molar-refractivity contribution < 1.29 is 8.78 Å². The lowest BCUT2D eigenvalue weighted by Gasteiger charge is -2.12. The maximum Gasteiger partial charge on any atom is 0.148 e. The summed E-state index contributed by atoms with van der Waals surface area (Å²) < 4.78 is 24.3. The first-order valence-corrected chi connectivity index (χ1v) is 2.58. The van der Waals surface area contributed by atoms with Crippen LogP contribution in [-0.4, -0.2) is 11.8 Å². The van der Waals surface area contributed by atoms with Gasteiger partial charge >= 0.3 is 0 Å². The van der Waals surface area contributed by atoms with Gasteiger partial charge in [0, 0.05) is 5.92 Å². The van der Waals surface area contributed by atoms with E-state index >= 15 is 0 Å². The van der Waals surface area contributed by atoms with Gasteiger partial charge in [-0.1, -0.05) is 0 Å². The monoisotopic (exact) mass is 157 g/mol. The van der Waals surface area contributed by atoms with Crippen molar-refractivity contribution in [2.24, 2.45) is 5.92 Å². The van der Waals surface area contributed by atoms with Crippen LogP contribution in [0.2, 0.25) is 0 Å². The zero-order chi connectivity index (χ0) is 5.07. The van der Waals surface area contributed by atoms with Crippen molar-refractivity contribution >= 4 is 12.4 Å². The maximum absolute atomic E-state index is 12.3. The fourth-order valence-corrected chi connectivity index (χ4v) is 1.31. The van der Waals surface area contributed by atoms with Crippen molar-refractivity contribution in [2.75, 3.05) is 0 Å². The summed E-state index contributed by atoms with van der Waals surface area (Å²) >= 11 is 0. The molecule has 0 bridgehead atoms. The largest absolute Gasteiger partial charge is 0.344 e. The third-order valence-electron chi connectivity index (χ3n) is 2.16. The number of hydrogen-bond donors (Lipinski definition) is 1. The van der Waals surface area contributed by atoms with Crippen LogP contribution in [0.25, 0.3) is 0 Å². The first-order chi connectivity index (χ1) is 3.25. The number of fused-ring (bicyclic) bond motifs is 1. The Balaban J connectivity index is 0.000000320. The van der Waals surface area contributed by atoms with Crippen LogP contribution in [0.4, 0.5) is 8.78 Å². The Morgan fingerprint density at radius 2 is 1.89 bits per heavy atom. The molecule has 0 radical (unpaired) electrons. The fourth-order valence-electron chi connectivity index (χ4n) is 1.31. The van der Waals surface area contributed by atoms with Gasteiger partial charge in [0.1, 0.15) is 11.8 Å². The molecule has 2 saturated carbocycles. The zero-order valence-corrected chi connectivity index (χ0v) is 5.76. The molecule has 3 unspecified atom stereocenters. The Hall–Kier alpha value is 0.110. The standard InChI is InChI=1S/C5H6F2.ClH.H3N/c6-4-3-1-2-5(3,4)7;;/h3-4H,1-2H2;1H;1H3. The van der Waals surface area contributed by atoms with E-state index in [1.165, 1.54) is 0 Å².